The Morgan fingerprint density at radius 2 is 1.40 bits per heavy atom. The Bertz CT molecular complexity index is 1220. The average molecular weight is 419 g/mol. The molecule has 0 aliphatic heterocycles. The maximum absolute atomic E-state index is 13.3. The zero-order valence-electron chi connectivity index (χ0n) is 15.8. The Labute approximate surface area is 177 Å². The van der Waals surface area contributed by atoms with Crippen LogP contribution in [0.4, 0.5) is 11.4 Å². The van der Waals surface area contributed by atoms with Gasteiger partial charge in [0.25, 0.3) is 5.91 Å². The van der Waals surface area contributed by atoms with E-state index in [0.29, 0.717) is 5.56 Å². The summed E-state index contributed by atoms with van der Waals surface area (Å²) < 4.78 is 0.805. The van der Waals surface area contributed by atoms with Gasteiger partial charge in [-0.1, -0.05) is 42.5 Å². The fourth-order valence-electron chi connectivity index (χ4n) is 3.41. The van der Waals surface area contributed by atoms with Crippen LogP contribution in [0.2, 0.25) is 0 Å². The van der Waals surface area contributed by atoms with Crippen LogP contribution < -0.4 is 9.74 Å². The van der Waals surface area contributed by atoms with Gasteiger partial charge in [-0.3, -0.25) is 19.2 Å². The third-order valence-electron chi connectivity index (χ3n) is 4.83. The van der Waals surface area contributed by atoms with E-state index in [2.05, 4.69) is 5.32 Å². The number of nitrogens with one attached hydrogen (secondary N) is 1. The summed E-state index contributed by atoms with van der Waals surface area (Å²) in [6.45, 7) is 1.25. The lowest BCUT2D eigenvalue weighted by atomic mass is 9.82. The van der Waals surface area contributed by atoms with Gasteiger partial charge in [0.1, 0.15) is 0 Å². The van der Waals surface area contributed by atoms with E-state index in [0.717, 1.165) is 4.42 Å². The number of carbonyl (C=O) groups is 4. The van der Waals surface area contributed by atoms with E-state index in [1.807, 2.05) is 0 Å². The molecule has 0 saturated carbocycles. The molecule has 0 fully saturated rings. The second-order valence-electron chi connectivity index (χ2n) is 6.71. The van der Waals surface area contributed by atoms with Crippen molar-refractivity contribution < 1.29 is 19.2 Å². The molecule has 1 aliphatic carbocycles. The summed E-state index contributed by atoms with van der Waals surface area (Å²) in [6.07, 6.45) is 0. The van der Waals surface area contributed by atoms with Gasteiger partial charge in [-0.05, 0) is 24.3 Å². The molecule has 3 aromatic rings. The van der Waals surface area contributed by atoms with Crippen molar-refractivity contribution in [2.75, 3.05) is 9.74 Å². The van der Waals surface area contributed by atoms with E-state index < -0.39 is 17.6 Å². The van der Waals surface area contributed by atoms with Gasteiger partial charge < -0.3 is 5.32 Å². The molecular formula is C23H15ClN2O4. The maximum Gasteiger partial charge on any atom is 0.255 e. The van der Waals surface area contributed by atoms with E-state index >= 15 is 0 Å². The fraction of sp³-hybridized carbons (Fsp3) is 0.0435. The Hall–Kier alpha value is -3.77. The Morgan fingerprint density at radius 3 is 2.03 bits per heavy atom. The summed E-state index contributed by atoms with van der Waals surface area (Å²) >= 11 is 6.14. The van der Waals surface area contributed by atoms with Crippen LogP contribution in [0.1, 0.15) is 49.1 Å². The number of nitrogens with zero attached hydrogens (tertiary/aromatic N) is 1. The zero-order chi connectivity index (χ0) is 21.4. The van der Waals surface area contributed by atoms with Crippen molar-refractivity contribution in [3.8, 4) is 0 Å². The molecule has 4 rings (SSSR count). The molecule has 0 bridgehead atoms. The molecule has 1 aliphatic rings. The minimum Gasteiger partial charge on any atom is -0.319 e. The van der Waals surface area contributed by atoms with Crippen molar-refractivity contribution in [2.45, 2.75) is 6.92 Å². The normalized spacial score (nSPS) is 12.1. The van der Waals surface area contributed by atoms with E-state index in [-0.39, 0.29) is 39.4 Å². The van der Waals surface area contributed by atoms with Crippen LogP contribution in [0, 0.1) is 0 Å². The summed E-state index contributed by atoms with van der Waals surface area (Å²) in [5.74, 6) is -1.79. The second kappa shape index (κ2) is 7.57. The van der Waals surface area contributed by atoms with Crippen LogP contribution >= 0.6 is 11.8 Å². The molecule has 6 nitrogen and oxygen atoms in total. The third kappa shape index (κ3) is 3.17. The van der Waals surface area contributed by atoms with Crippen LogP contribution in [0.5, 0.6) is 0 Å². The Morgan fingerprint density at radius 1 is 0.800 bits per heavy atom. The van der Waals surface area contributed by atoms with E-state index in [1.54, 1.807) is 54.6 Å². The van der Waals surface area contributed by atoms with Gasteiger partial charge >= 0.3 is 0 Å². The minimum atomic E-state index is -0.512. The van der Waals surface area contributed by atoms with Gasteiger partial charge in [-0.2, -0.15) is 0 Å². The molecular weight excluding hydrogens is 404 g/mol. The van der Waals surface area contributed by atoms with Crippen molar-refractivity contribution >= 4 is 46.5 Å². The highest BCUT2D eigenvalue weighted by Gasteiger charge is 2.34. The number of benzene rings is 3. The molecule has 7 heteroatoms. The van der Waals surface area contributed by atoms with Gasteiger partial charge in [0.15, 0.2) is 11.6 Å². The number of ketones is 2. The predicted molar refractivity (Wildman–Crippen MR) is 113 cm³/mol. The lowest BCUT2D eigenvalue weighted by molar-refractivity contribution is -0.115. The molecule has 0 spiro atoms. The fourth-order valence-corrected chi connectivity index (χ4v) is 3.55. The monoisotopic (exact) mass is 418 g/mol. The number of halogens is 1. The molecule has 30 heavy (non-hydrogen) atoms. The number of carbonyl (C=O) groups excluding carboxylic acids is 4. The predicted octanol–water partition coefficient (Wildman–Crippen LogP) is 4.22. The molecule has 0 atom stereocenters. The van der Waals surface area contributed by atoms with Crippen LogP contribution in [0.25, 0.3) is 0 Å². The first-order valence-electron chi connectivity index (χ1n) is 9.08. The second-order valence-corrected chi connectivity index (χ2v) is 7.04. The highest BCUT2D eigenvalue weighted by molar-refractivity contribution is 6.39. The lowest BCUT2D eigenvalue weighted by Crippen LogP contribution is -2.27. The summed E-state index contributed by atoms with van der Waals surface area (Å²) in [6, 6.07) is 17.7. The van der Waals surface area contributed by atoms with Gasteiger partial charge in [0.2, 0.25) is 5.91 Å². The lowest BCUT2D eigenvalue weighted by Gasteiger charge is -2.24. The van der Waals surface area contributed by atoms with Crippen molar-refractivity contribution in [1.82, 2.24) is 0 Å². The quantitative estimate of drug-likeness (QED) is 0.505. The molecule has 148 valence electrons. The largest absolute Gasteiger partial charge is 0.319 e. The highest BCUT2D eigenvalue weighted by Crippen LogP contribution is 2.39. The molecule has 1 N–H and O–H groups in total. The van der Waals surface area contributed by atoms with E-state index in [9.17, 15) is 19.2 Å². The standard InChI is InChI=1S/C23H15ClN2O4/c1-13(27)26(24)18-12-11-17-19(20(18)25-23(30)14-7-3-2-4-8-14)22(29)16-10-6-5-9-15(16)21(17)28/h2-12H,1H3,(H,25,30). The molecule has 0 unspecified atom stereocenters. The number of fused-ring (bicyclic) bond motifs is 2. The van der Waals surface area contributed by atoms with Gasteiger partial charge in [-0.25, -0.2) is 4.42 Å². The average Bonchev–Trinajstić information content (AvgIpc) is 2.77. The van der Waals surface area contributed by atoms with Gasteiger partial charge in [0, 0.05) is 41.0 Å². The van der Waals surface area contributed by atoms with Crippen LogP contribution in [-0.2, 0) is 4.79 Å². The first-order chi connectivity index (χ1) is 14.4. The molecule has 0 aromatic heterocycles. The molecule has 0 heterocycles. The van der Waals surface area contributed by atoms with E-state index in [1.165, 1.54) is 19.1 Å². The Balaban J connectivity index is 1.92. The summed E-state index contributed by atoms with van der Waals surface area (Å²) in [5.41, 5.74) is 1.13. The van der Waals surface area contributed by atoms with Crippen LogP contribution in [0.15, 0.2) is 66.7 Å². The van der Waals surface area contributed by atoms with Crippen molar-refractivity contribution in [2.24, 2.45) is 0 Å². The molecule has 3 aromatic carbocycles. The summed E-state index contributed by atoms with van der Waals surface area (Å²) in [5, 5.41) is 2.68. The smallest absolute Gasteiger partial charge is 0.255 e. The third-order valence-corrected chi connectivity index (χ3v) is 5.25. The van der Waals surface area contributed by atoms with Crippen LogP contribution in [0.3, 0.4) is 0 Å². The van der Waals surface area contributed by atoms with Gasteiger partial charge in [-0.15, -0.1) is 0 Å². The van der Waals surface area contributed by atoms with Gasteiger partial charge in [0.05, 0.1) is 16.9 Å². The minimum absolute atomic E-state index is 0.00683. The summed E-state index contributed by atoms with van der Waals surface area (Å²) in [7, 11) is 0. The van der Waals surface area contributed by atoms with Crippen molar-refractivity contribution in [3.05, 3.63) is 94.5 Å². The van der Waals surface area contributed by atoms with Crippen LogP contribution in [-0.4, -0.2) is 23.4 Å². The number of amides is 2. The topological polar surface area (TPSA) is 83.6 Å². The number of hydrogen-bond acceptors (Lipinski definition) is 4. The Kier molecular flexibility index (Phi) is 4.93. The zero-order valence-corrected chi connectivity index (χ0v) is 16.6. The first-order valence-corrected chi connectivity index (χ1v) is 9.42. The van der Waals surface area contributed by atoms with Crippen molar-refractivity contribution in [1.29, 1.82) is 0 Å². The first kappa shape index (κ1) is 19.5. The SMILES string of the molecule is CC(=O)N(Cl)c1ccc2c(c1NC(=O)c1ccccc1)C(=O)c1ccccc1C2=O. The molecule has 0 saturated heterocycles. The molecule has 0 radical (unpaired) electrons. The number of anilines is 2. The number of rotatable bonds is 3. The highest BCUT2D eigenvalue weighted by atomic mass is 35.5. The summed E-state index contributed by atoms with van der Waals surface area (Å²) in [4.78, 5) is 51.0. The number of hydrogen-bond donors (Lipinski definition) is 1. The van der Waals surface area contributed by atoms with E-state index in [4.69, 9.17) is 11.8 Å². The van der Waals surface area contributed by atoms with Crippen molar-refractivity contribution in [3.63, 3.8) is 0 Å². The molecule has 2 amide bonds. The maximum atomic E-state index is 13.3.